The Hall–Kier alpha value is -1.73. The minimum Gasteiger partial charge on any atom is -0.398 e. The van der Waals surface area contributed by atoms with E-state index in [1.807, 2.05) is 12.1 Å². The van der Waals surface area contributed by atoms with E-state index in [1.165, 1.54) is 0 Å². The van der Waals surface area contributed by atoms with Crippen molar-refractivity contribution in [1.82, 2.24) is 0 Å². The van der Waals surface area contributed by atoms with Gasteiger partial charge in [-0.1, -0.05) is 12.8 Å². The zero-order valence-electron chi connectivity index (χ0n) is 9.74. The number of nitrogens with one attached hydrogen (secondary N) is 1. The summed E-state index contributed by atoms with van der Waals surface area (Å²) in [5, 5.41) is 22.2. The Morgan fingerprint density at radius 3 is 2.76 bits per heavy atom. The molecule has 17 heavy (non-hydrogen) atoms. The lowest BCUT2D eigenvalue weighted by molar-refractivity contribution is 0.0615. The van der Waals surface area contributed by atoms with Gasteiger partial charge in [-0.25, -0.2) is 0 Å². The Kier molecular flexibility index (Phi) is 3.21. The molecule has 0 saturated heterocycles. The van der Waals surface area contributed by atoms with Crippen LogP contribution in [0.2, 0.25) is 0 Å². The lowest BCUT2D eigenvalue weighted by Crippen LogP contribution is -2.33. The standard InChI is InChI=1S/C13H17N3O/c14-8-10-7-11(3-4-12(10)15)16-9-13(17)5-1-2-6-13/h3-4,7,16-17H,1-2,5-6,9,15H2. The van der Waals surface area contributed by atoms with E-state index < -0.39 is 5.60 Å². The molecule has 0 aromatic heterocycles. The van der Waals surface area contributed by atoms with Gasteiger partial charge in [0.25, 0.3) is 0 Å². The van der Waals surface area contributed by atoms with Crippen LogP contribution in [0, 0.1) is 11.3 Å². The van der Waals surface area contributed by atoms with E-state index in [2.05, 4.69) is 5.32 Å². The van der Waals surface area contributed by atoms with Crippen molar-refractivity contribution in [3.05, 3.63) is 23.8 Å². The van der Waals surface area contributed by atoms with Gasteiger partial charge in [-0.3, -0.25) is 0 Å². The van der Waals surface area contributed by atoms with Gasteiger partial charge < -0.3 is 16.2 Å². The molecule has 0 heterocycles. The second kappa shape index (κ2) is 4.64. The molecule has 4 N–H and O–H groups in total. The van der Waals surface area contributed by atoms with E-state index >= 15 is 0 Å². The molecule has 1 aromatic rings. The van der Waals surface area contributed by atoms with Crippen molar-refractivity contribution in [1.29, 1.82) is 5.26 Å². The molecule has 0 radical (unpaired) electrons. The minimum atomic E-state index is -0.589. The molecule has 0 atom stereocenters. The predicted molar refractivity (Wildman–Crippen MR) is 67.5 cm³/mol. The molecule has 1 aromatic carbocycles. The molecular weight excluding hydrogens is 214 g/mol. The maximum atomic E-state index is 10.2. The third kappa shape index (κ3) is 2.69. The van der Waals surface area contributed by atoms with E-state index in [0.717, 1.165) is 31.4 Å². The highest BCUT2D eigenvalue weighted by Gasteiger charge is 2.30. The van der Waals surface area contributed by atoms with Crippen LogP contribution in [0.1, 0.15) is 31.2 Å². The Balaban J connectivity index is 2.02. The van der Waals surface area contributed by atoms with Crippen LogP contribution in [0.25, 0.3) is 0 Å². The molecule has 1 aliphatic rings. The predicted octanol–water partition coefficient (Wildman–Crippen LogP) is 1.86. The second-order valence-electron chi connectivity index (χ2n) is 4.70. The average Bonchev–Trinajstić information content (AvgIpc) is 2.76. The molecule has 1 saturated carbocycles. The molecule has 0 unspecified atom stereocenters. The minimum absolute atomic E-state index is 0.466. The van der Waals surface area contributed by atoms with Gasteiger partial charge in [-0.05, 0) is 31.0 Å². The van der Waals surface area contributed by atoms with Gasteiger partial charge in [0.1, 0.15) is 6.07 Å². The maximum absolute atomic E-state index is 10.2. The van der Waals surface area contributed by atoms with Gasteiger partial charge in [0.05, 0.1) is 11.2 Å². The number of anilines is 2. The van der Waals surface area contributed by atoms with E-state index in [0.29, 0.717) is 17.8 Å². The summed E-state index contributed by atoms with van der Waals surface area (Å²) in [7, 11) is 0. The Morgan fingerprint density at radius 1 is 1.41 bits per heavy atom. The number of hydrogen-bond donors (Lipinski definition) is 3. The average molecular weight is 231 g/mol. The number of nitrogens with two attached hydrogens (primary N) is 1. The molecular formula is C13H17N3O. The third-order valence-corrected chi connectivity index (χ3v) is 3.33. The van der Waals surface area contributed by atoms with Crippen LogP contribution in [0.4, 0.5) is 11.4 Å². The molecule has 0 amide bonds. The zero-order valence-corrected chi connectivity index (χ0v) is 9.74. The van der Waals surface area contributed by atoms with Gasteiger partial charge in [0.15, 0.2) is 0 Å². The molecule has 1 fully saturated rings. The van der Waals surface area contributed by atoms with Gasteiger partial charge in [-0.15, -0.1) is 0 Å². The third-order valence-electron chi connectivity index (χ3n) is 3.33. The van der Waals surface area contributed by atoms with Crippen LogP contribution < -0.4 is 11.1 Å². The number of benzene rings is 1. The lowest BCUT2D eigenvalue weighted by Gasteiger charge is -2.23. The molecule has 90 valence electrons. The first-order chi connectivity index (χ1) is 8.13. The Labute approximate surface area is 101 Å². The number of nitrogens with zero attached hydrogens (tertiary/aromatic N) is 1. The van der Waals surface area contributed by atoms with Crippen molar-refractivity contribution in [3.8, 4) is 6.07 Å². The van der Waals surface area contributed by atoms with E-state index in [9.17, 15) is 5.11 Å². The molecule has 0 aliphatic heterocycles. The van der Waals surface area contributed by atoms with Crippen molar-refractivity contribution in [2.45, 2.75) is 31.3 Å². The quantitative estimate of drug-likeness (QED) is 0.693. The van der Waals surface area contributed by atoms with Crippen LogP contribution >= 0.6 is 0 Å². The summed E-state index contributed by atoms with van der Waals surface area (Å²) in [5.74, 6) is 0. The lowest BCUT2D eigenvalue weighted by atomic mass is 10.0. The Morgan fingerprint density at radius 2 is 2.12 bits per heavy atom. The summed E-state index contributed by atoms with van der Waals surface area (Å²) >= 11 is 0. The summed E-state index contributed by atoms with van der Waals surface area (Å²) in [5.41, 5.74) is 6.84. The zero-order chi connectivity index (χ0) is 12.3. The monoisotopic (exact) mass is 231 g/mol. The normalized spacial score (nSPS) is 17.6. The topological polar surface area (TPSA) is 82.1 Å². The number of aliphatic hydroxyl groups is 1. The highest BCUT2D eigenvalue weighted by molar-refractivity contribution is 5.61. The summed E-state index contributed by atoms with van der Waals surface area (Å²) in [6.07, 6.45) is 3.87. The SMILES string of the molecule is N#Cc1cc(NCC2(O)CCCC2)ccc1N. The van der Waals surface area contributed by atoms with Gasteiger partial charge in [0.2, 0.25) is 0 Å². The van der Waals surface area contributed by atoms with Crippen LogP contribution in [0.15, 0.2) is 18.2 Å². The summed E-state index contributed by atoms with van der Waals surface area (Å²) < 4.78 is 0. The largest absolute Gasteiger partial charge is 0.398 e. The highest BCUT2D eigenvalue weighted by atomic mass is 16.3. The molecule has 2 rings (SSSR count). The Bertz CT molecular complexity index is 444. The van der Waals surface area contributed by atoms with Gasteiger partial charge >= 0.3 is 0 Å². The van der Waals surface area contributed by atoms with Crippen molar-refractivity contribution in [2.75, 3.05) is 17.6 Å². The van der Waals surface area contributed by atoms with Gasteiger partial charge in [-0.2, -0.15) is 5.26 Å². The van der Waals surface area contributed by atoms with Crippen molar-refractivity contribution >= 4 is 11.4 Å². The number of hydrogen-bond acceptors (Lipinski definition) is 4. The smallest absolute Gasteiger partial charge is 0.101 e. The molecule has 1 aliphatic carbocycles. The highest BCUT2D eigenvalue weighted by Crippen LogP contribution is 2.29. The number of nitrogen functional groups attached to an aromatic ring is 1. The molecule has 0 bridgehead atoms. The number of nitriles is 1. The first kappa shape index (κ1) is 11.7. The fraction of sp³-hybridized carbons (Fsp3) is 0.462. The first-order valence-electron chi connectivity index (χ1n) is 5.89. The van der Waals surface area contributed by atoms with Crippen LogP contribution in [-0.4, -0.2) is 17.3 Å². The van der Waals surface area contributed by atoms with Gasteiger partial charge in [0, 0.05) is 17.9 Å². The summed E-state index contributed by atoms with van der Waals surface area (Å²) in [6, 6.07) is 7.30. The van der Waals surface area contributed by atoms with Crippen LogP contribution in [-0.2, 0) is 0 Å². The summed E-state index contributed by atoms with van der Waals surface area (Å²) in [4.78, 5) is 0. The molecule has 4 nitrogen and oxygen atoms in total. The van der Waals surface area contributed by atoms with E-state index in [1.54, 1.807) is 12.1 Å². The fourth-order valence-electron chi connectivity index (χ4n) is 2.24. The second-order valence-corrected chi connectivity index (χ2v) is 4.70. The van der Waals surface area contributed by atoms with Crippen molar-refractivity contribution in [2.24, 2.45) is 0 Å². The fourth-order valence-corrected chi connectivity index (χ4v) is 2.24. The molecule has 0 spiro atoms. The van der Waals surface area contributed by atoms with E-state index in [-0.39, 0.29) is 0 Å². The van der Waals surface area contributed by atoms with Crippen LogP contribution in [0.5, 0.6) is 0 Å². The first-order valence-corrected chi connectivity index (χ1v) is 5.89. The van der Waals surface area contributed by atoms with Crippen molar-refractivity contribution in [3.63, 3.8) is 0 Å². The number of rotatable bonds is 3. The van der Waals surface area contributed by atoms with E-state index in [4.69, 9.17) is 11.0 Å². The maximum Gasteiger partial charge on any atom is 0.101 e. The molecule has 4 heteroatoms. The van der Waals surface area contributed by atoms with Crippen LogP contribution in [0.3, 0.4) is 0 Å². The summed E-state index contributed by atoms with van der Waals surface area (Å²) in [6.45, 7) is 0.530. The van der Waals surface area contributed by atoms with Crippen molar-refractivity contribution < 1.29 is 5.11 Å².